The molecule has 0 unspecified atom stereocenters. The zero-order chi connectivity index (χ0) is 4.50. The van der Waals surface area contributed by atoms with E-state index in [1.807, 2.05) is 0 Å². The molecule has 8 heavy (non-hydrogen) atoms. The first-order chi connectivity index (χ1) is 2.00. The molecule has 0 aromatic rings. The Morgan fingerprint density at radius 2 is 0.875 bits per heavy atom. The number of hydrogen-bond donors (Lipinski definition) is 3. The summed E-state index contributed by atoms with van der Waals surface area (Å²) in [7, 11) is 15.2. The van der Waals surface area contributed by atoms with Crippen molar-refractivity contribution in [3.05, 3.63) is 0 Å². The Hall–Kier alpha value is 1.71. The van der Waals surface area contributed by atoms with Crippen LogP contribution in [0.5, 0.6) is 0 Å². The fraction of sp³-hybridized carbons (Fsp3) is 0. The van der Waals surface area contributed by atoms with Gasteiger partial charge in [-0.2, -0.15) is 0 Å². The van der Waals surface area contributed by atoms with Gasteiger partial charge in [-0.1, -0.05) is 0 Å². The third-order valence-corrected chi connectivity index (χ3v) is 0. The van der Waals surface area contributed by atoms with Gasteiger partial charge in [0.25, 0.3) is 0 Å². The van der Waals surface area contributed by atoms with Crippen molar-refractivity contribution in [2.75, 3.05) is 0 Å². The van der Waals surface area contributed by atoms with Crippen LogP contribution in [0.15, 0.2) is 0 Å². The van der Waals surface area contributed by atoms with Crippen LogP contribution in [0.1, 0.15) is 0 Å². The molecule has 0 spiro atoms. The molecule has 0 aromatic heterocycles. The van der Waals surface area contributed by atoms with E-state index in [-0.39, 0.29) is 18.5 Å². The normalized spacial score (nSPS) is 7.38. The molecule has 0 aliphatic carbocycles. The van der Waals surface area contributed by atoms with Crippen molar-refractivity contribution in [1.29, 1.82) is 0 Å². The monoisotopic (exact) mass is 257 g/mol. The standard InChI is InChI=1S/AsH3S4.3H3N/c2-1(3,4)5;;;/h(H3,2,3,4,5);3*1H3. The van der Waals surface area contributed by atoms with Crippen LogP contribution in [-0.2, 0) is 32.7 Å². The van der Waals surface area contributed by atoms with Crippen LogP contribution in [-0.4, -0.2) is 8.41 Å². The average molecular weight is 257 g/mol. The van der Waals surface area contributed by atoms with Gasteiger partial charge in [0.05, 0.1) is 0 Å². The second-order valence-electron chi connectivity index (χ2n) is 0.447. The van der Waals surface area contributed by atoms with Crippen molar-refractivity contribution < 1.29 is 0 Å². The molecule has 8 heteroatoms. The van der Waals surface area contributed by atoms with E-state index in [0.717, 1.165) is 0 Å². The van der Waals surface area contributed by atoms with Gasteiger partial charge in [0, 0.05) is 0 Å². The van der Waals surface area contributed by atoms with E-state index in [1.165, 1.54) is 0 Å². The Bertz CT molecular complexity index is 57.4. The third kappa shape index (κ3) is 119. The molecule has 0 rings (SSSR count). The molecule has 0 aliphatic heterocycles. The van der Waals surface area contributed by atoms with Gasteiger partial charge in [-0.3, -0.25) is 0 Å². The molecule has 0 fully saturated rings. The van der Waals surface area contributed by atoms with Gasteiger partial charge in [0.1, 0.15) is 0 Å². The molecule has 0 saturated heterocycles. The Balaban J connectivity index is -0.0000000267. The molecular formula is H12AsN3S4. The van der Waals surface area contributed by atoms with Crippen molar-refractivity contribution >= 4 is 51.5 Å². The van der Waals surface area contributed by atoms with Gasteiger partial charge < -0.3 is 18.5 Å². The maximum absolute atomic E-state index is 4.44. The van der Waals surface area contributed by atoms with Gasteiger partial charge in [-0.05, 0) is 0 Å². The summed E-state index contributed by atoms with van der Waals surface area (Å²) in [5.74, 6) is 0. The molecule has 3 nitrogen and oxygen atoms in total. The summed E-state index contributed by atoms with van der Waals surface area (Å²) in [6, 6.07) is 0. The van der Waals surface area contributed by atoms with Crippen LogP contribution in [0.3, 0.4) is 0 Å². The van der Waals surface area contributed by atoms with E-state index in [9.17, 15) is 0 Å². The largest absolute Gasteiger partial charge is 0.369 e. The Morgan fingerprint density at radius 3 is 0.875 bits per heavy atom. The topological polar surface area (TPSA) is 110 Å². The Kier molecular flexibility index (Phi) is 24.6. The van der Waals surface area contributed by atoms with E-state index in [2.05, 4.69) is 43.1 Å². The average Bonchev–Trinajstić information content (AvgIpc) is 0.722. The summed E-state index contributed by atoms with van der Waals surface area (Å²) in [5.41, 5.74) is 0. The fourth-order valence-corrected chi connectivity index (χ4v) is 0. The van der Waals surface area contributed by atoms with Crippen LogP contribution in [0.2, 0.25) is 0 Å². The van der Waals surface area contributed by atoms with Gasteiger partial charge in [0.15, 0.2) is 0 Å². The molecule has 0 heterocycles. The van der Waals surface area contributed by atoms with Gasteiger partial charge >= 0.3 is 51.5 Å². The van der Waals surface area contributed by atoms with Crippen molar-refractivity contribution in [1.82, 2.24) is 18.5 Å². The number of quaternary nitrogens is 3. The van der Waals surface area contributed by atoms with Crippen molar-refractivity contribution in [3.8, 4) is 0 Å². The SMILES string of the molecule is S=[As]([S-])([S-])[S-].[NH4+].[NH4+].[NH4+]. The summed E-state index contributed by atoms with van der Waals surface area (Å²) in [5, 5.41) is 0. The maximum atomic E-state index is 4.44. The van der Waals surface area contributed by atoms with Gasteiger partial charge in [-0.25, -0.2) is 0 Å². The smallest absolute Gasteiger partial charge is 0.369 e. The quantitative estimate of drug-likeness (QED) is 0.450. The number of rotatable bonds is 0. The van der Waals surface area contributed by atoms with E-state index in [4.69, 9.17) is 0 Å². The van der Waals surface area contributed by atoms with Crippen LogP contribution < -0.4 is 18.5 Å². The summed E-state index contributed by atoms with van der Waals surface area (Å²) >= 11 is 0. The summed E-state index contributed by atoms with van der Waals surface area (Å²) in [6.07, 6.45) is 0. The first-order valence-electron chi connectivity index (χ1n) is 0.730. The molecule has 0 amide bonds. The van der Waals surface area contributed by atoms with Crippen LogP contribution >= 0.6 is 10.4 Å². The molecule has 12 N–H and O–H groups in total. The fourth-order valence-electron chi connectivity index (χ4n) is 0. The van der Waals surface area contributed by atoms with Crippen LogP contribution in [0, 0.1) is 0 Å². The summed E-state index contributed by atoms with van der Waals surface area (Å²) in [6.45, 7) is 0. The molecule has 0 aromatic carbocycles. The molecule has 56 valence electrons. The molecular weight excluding hydrogens is 245 g/mol. The van der Waals surface area contributed by atoms with Crippen LogP contribution in [0.4, 0.5) is 0 Å². The Morgan fingerprint density at radius 1 is 0.875 bits per heavy atom. The Labute approximate surface area is 69.5 Å². The van der Waals surface area contributed by atoms with Crippen molar-refractivity contribution in [3.63, 3.8) is 0 Å². The minimum Gasteiger partial charge on any atom is -0.369 e. The van der Waals surface area contributed by atoms with Crippen molar-refractivity contribution in [2.45, 2.75) is 0 Å². The van der Waals surface area contributed by atoms with Crippen molar-refractivity contribution in [2.24, 2.45) is 0 Å². The predicted octanol–water partition coefficient (Wildman–Crippen LogP) is 1.39. The van der Waals surface area contributed by atoms with Crippen LogP contribution in [0.25, 0.3) is 0 Å². The van der Waals surface area contributed by atoms with E-state index in [0.29, 0.717) is 0 Å². The zero-order valence-corrected chi connectivity index (χ0v) is 10.2. The summed E-state index contributed by atoms with van der Waals surface area (Å²) < 4.78 is 0. The number of hydrogen-bond acceptors (Lipinski definition) is 4. The minimum absolute atomic E-state index is 0. The van der Waals surface area contributed by atoms with Gasteiger partial charge in [0.2, 0.25) is 0 Å². The van der Waals surface area contributed by atoms with E-state index >= 15 is 0 Å². The van der Waals surface area contributed by atoms with Gasteiger partial charge in [-0.15, -0.1) is 0 Å². The van der Waals surface area contributed by atoms with E-state index in [1.54, 1.807) is 0 Å². The maximum Gasteiger partial charge on any atom is -0.369 e. The molecule has 0 aliphatic rings. The first kappa shape index (κ1) is 22.6. The molecule has 0 bridgehead atoms. The van der Waals surface area contributed by atoms with E-state index < -0.39 is 8.41 Å². The molecule has 0 atom stereocenters. The first-order valence-corrected chi connectivity index (χ1v) is 11.4. The third-order valence-electron chi connectivity index (χ3n) is 0. The summed E-state index contributed by atoms with van der Waals surface area (Å²) in [4.78, 5) is 0. The second kappa shape index (κ2) is 8.71. The zero-order valence-electron chi connectivity index (χ0n) is 5.08. The predicted molar refractivity (Wildman–Crippen MR) is 53.4 cm³/mol. The molecule has 0 radical (unpaired) electrons. The second-order valence-corrected chi connectivity index (χ2v) is 20.9. The minimum atomic E-state index is -2.54. The molecule has 0 saturated carbocycles.